The molecule has 0 aliphatic carbocycles. The van der Waals surface area contributed by atoms with Crippen LogP contribution in [0.4, 0.5) is 0 Å². The van der Waals surface area contributed by atoms with E-state index in [0.29, 0.717) is 32.7 Å². The maximum Gasteiger partial charge on any atom is 0.282 e. The minimum atomic E-state index is -3.26. The second-order valence-corrected chi connectivity index (χ2v) is 6.53. The van der Waals surface area contributed by atoms with Crippen molar-refractivity contribution < 1.29 is 8.42 Å². The lowest BCUT2D eigenvalue weighted by atomic mass is 10.3. The normalized spacial score (nSPS) is 22.1. The number of hydrogen-bond donors (Lipinski definition) is 1. The number of rotatable bonds is 6. The molecule has 1 aliphatic rings. The second-order valence-electron chi connectivity index (χ2n) is 4.60. The van der Waals surface area contributed by atoms with Crippen molar-refractivity contribution in [2.75, 3.05) is 53.4 Å². The van der Waals surface area contributed by atoms with Gasteiger partial charge in [0.2, 0.25) is 0 Å². The Morgan fingerprint density at radius 1 is 1.18 bits per heavy atom. The first-order chi connectivity index (χ1) is 7.98. The van der Waals surface area contributed by atoms with Gasteiger partial charge in [-0.3, -0.25) is 0 Å². The molecule has 0 bridgehead atoms. The van der Waals surface area contributed by atoms with Crippen molar-refractivity contribution in [3.63, 3.8) is 0 Å². The zero-order valence-electron chi connectivity index (χ0n) is 10.8. The second kappa shape index (κ2) is 6.65. The molecular weight excluding hydrogens is 240 g/mol. The molecular formula is C10H24N4O2S. The molecule has 0 amide bonds. The SMILES string of the molecule is CN(C)CCCN1CCCN(CCN)S1(=O)=O. The van der Waals surface area contributed by atoms with Gasteiger partial charge in [0.15, 0.2) is 0 Å². The fourth-order valence-electron chi connectivity index (χ4n) is 1.98. The summed E-state index contributed by atoms with van der Waals surface area (Å²) in [4.78, 5) is 2.06. The maximum absolute atomic E-state index is 12.2. The number of nitrogens with two attached hydrogens (primary N) is 1. The molecule has 1 aliphatic heterocycles. The molecule has 0 aromatic carbocycles. The fraction of sp³-hybridized carbons (Fsp3) is 1.00. The Hall–Kier alpha value is -0.210. The molecule has 1 heterocycles. The predicted molar refractivity (Wildman–Crippen MR) is 68.9 cm³/mol. The summed E-state index contributed by atoms with van der Waals surface area (Å²) in [6, 6.07) is 0. The van der Waals surface area contributed by atoms with Gasteiger partial charge < -0.3 is 10.6 Å². The molecule has 0 spiro atoms. The topological polar surface area (TPSA) is 69.9 Å². The number of nitrogens with zero attached hydrogens (tertiary/aromatic N) is 3. The van der Waals surface area contributed by atoms with Crippen molar-refractivity contribution in [3.8, 4) is 0 Å². The summed E-state index contributed by atoms with van der Waals surface area (Å²) in [5, 5.41) is 0. The highest BCUT2D eigenvalue weighted by atomic mass is 32.2. The highest BCUT2D eigenvalue weighted by Crippen LogP contribution is 2.15. The molecule has 0 aromatic rings. The van der Waals surface area contributed by atoms with Crippen LogP contribution in [-0.4, -0.2) is 75.3 Å². The third-order valence-corrected chi connectivity index (χ3v) is 4.89. The molecule has 0 atom stereocenters. The summed E-state index contributed by atoms with van der Waals surface area (Å²) in [5.74, 6) is 0. The van der Waals surface area contributed by atoms with E-state index < -0.39 is 10.2 Å². The molecule has 1 fully saturated rings. The van der Waals surface area contributed by atoms with Crippen molar-refractivity contribution in [2.45, 2.75) is 12.8 Å². The Labute approximate surface area is 105 Å². The van der Waals surface area contributed by atoms with Gasteiger partial charge in [-0.1, -0.05) is 0 Å². The van der Waals surface area contributed by atoms with Crippen molar-refractivity contribution in [1.82, 2.24) is 13.5 Å². The molecule has 17 heavy (non-hydrogen) atoms. The van der Waals surface area contributed by atoms with Crippen LogP contribution in [0.2, 0.25) is 0 Å². The molecule has 7 heteroatoms. The van der Waals surface area contributed by atoms with E-state index in [9.17, 15) is 8.42 Å². The zero-order valence-corrected chi connectivity index (χ0v) is 11.6. The lowest BCUT2D eigenvalue weighted by molar-refractivity contribution is 0.275. The molecule has 1 saturated heterocycles. The fourth-order valence-corrected chi connectivity index (χ4v) is 3.72. The van der Waals surface area contributed by atoms with Gasteiger partial charge in [0, 0.05) is 32.7 Å². The molecule has 1 rings (SSSR count). The van der Waals surface area contributed by atoms with Crippen LogP contribution in [0.3, 0.4) is 0 Å². The van der Waals surface area contributed by atoms with Gasteiger partial charge in [0.05, 0.1) is 0 Å². The van der Waals surface area contributed by atoms with E-state index in [4.69, 9.17) is 5.73 Å². The summed E-state index contributed by atoms with van der Waals surface area (Å²) in [5.41, 5.74) is 5.43. The van der Waals surface area contributed by atoms with E-state index in [1.807, 2.05) is 14.1 Å². The highest BCUT2D eigenvalue weighted by Gasteiger charge is 2.32. The first-order valence-electron chi connectivity index (χ1n) is 6.08. The van der Waals surface area contributed by atoms with Gasteiger partial charge in [-0.2, -0.15) is 17.0 Å². The standard InChI is InChI=1S/C10H24N4O2S/c1-12(2)6-3-7-13-8-4-9-14(10-5-11)17(13,15)16/h3-11H2,1-2H3. The van der Waals surface area contributed by atoms with Crippen LogP contribution in [0.5, 0.6) is 0 Å². The third kappa shape index (κ3) is 4.18. The lowest BCUT2D eigenvalue weighted by Crippen LogP contribution is -2.51. The zero-order chi connectivity index (χ0) is 12.9. The molecule has 0 radical (unpaired) electrons. The average Bonchev–Trinajstić information content (AvgIpc) is 2.23. The molecule has 102 valence electrons. The average molecular weight is 264 g/mol. The van der Waals surface area contributed by atoms with Crippen molar-refractivity contribution >= 4 is 10.2 Å². The van der Waals surface area contributed by atoms with E-state index in [1.54, 1.807) is 4.31 Å². The van der Waals surface area contributed by atoms with Crippen molar-refractivity contribution in [1.29, 1.82) is 0 Å². The van der Waals surface area contributed by atoms with Gasteiger partial charge in [-0.15, -0.1) is 0 Å². The molecule has 0 saturated carbocycles. The van der Waals surface area contributed by atoms with Crippen LogP contribution in [-0.2, 0) is 10.2 Å². The van der Waals surface area contributed by atoms with Crippen LogP contribution in [0.1, 0.15) is 12.8 Å². The third-order valence-electron chi connectivity index (χ3n) is 2.86. The minimum Gasteiger partial charge on any atom is -0.329 e. The summed E-state index contributed by atoms with van der Waals surface area (Å²) in [7, 11) is 0.727. The summed E-state index contributed by atoms with van der Waals surface area (Å²) in [6.45, 7) is 3.54. The van der Waals surface area contributed by atoms with E-state index in [1.165, 1.54) is 4.31 Å². The maximum atomic E-state index is 12.2. The van der Waals surface area contributed by atoms with Gasteiger partial charge in [0.1, 0.15) is 0 Å². The Morgan fingerprint density at radius 3 is 2.29 bits per heavy atom. The van der Waals surface area contributed by atoms with Gasteiger partial charge in [-0.05, 0) is 33.5 Å². The highest BCUT2D eigenvalue weighted by molar-refractivity contribution is 7.86. The van der Waals surface area contributed by atoms with Crippen LogP contribution in [0, 0.1) is 0 Å². The smallest absolute Gasteiger partial charge is 0.282 e. The Morgan fingerprint density at radius 2 is 1.76 bits per heavy atom. The molecule has 0 unspecified atom stereocenters. The van der Waals surface area contributed by atoms with Crippen molar-refractivity contribution in [2.24, 2.45) is 5.73 Å². The molecule has 6 nitrogen and oxygen atoms in total. The first kappa shape index (κ1) is 14.8. The summed E-state index contributed by atoms with van der Waals surface area (Å²) in [6.07, 6.45) is 1.75. The monoisotopic (exact) mass is 264 g/mol. The molecule has 2 N–H and O–H groups in total. The summed E-state index contributed by atoms with van der Waals surface area (Å²) < 4.78 is 27.4. The van der Waals surface area contributed by atoms with Crippen LogP contribution in [0.15, 0.2) is 0 Å². The van der Waals surface area contributed by atoms with E-state index in [0.717, 1.165) is 19.4 Å². The van der Waals surface area contributed by atoms with E-state index in [-0.39, 0.29) is 0 Å². The first-order valence-corrected chi connectivity index (χ1v) is 7.48. The minimum absolute atomic E-state index is 0.380. The Kier molecular flexibility index (Phi) is 5.81. The Balaban J connectivity index is 2.53. The van der Waals surface area contributed by atoms with Gasteiger partial charge in [-0.25, -0.2) is 0 Å². The predicted octanol–water partition coefficient (Wildman–Crippen LogP) is -0.851. The van der Waals surface area contributed by atoms with E-state index in [2.05, 4.69) is 4.90 Å². The van der Waals surface area contributed by atoms with E-state index >= 15 is 0 Å². The largest absolute Gasteiger partial charge is 0.329 e. The summed E-state index contributed by atoms with van der Waals surface area (Å²) >= 11 is 0. The van der Waals surface area contributed by atoms with Crippen molar-refractivity contribution in [3.05, 3.63) is 0 Å². The Bertz CT molecular complexity index is 316. The van der Waals surface area contributed by atoms with Crippen LogP contribution < -0.4 is 5.73 Å². The van der Waals surface area contributed by atoms with Gasteiger partial charge in [0.25, 0.3) is 10.2 Å². The van der Waals surface area contributed by atoms with Crippen LogP contribution >= 0.6 is 0 Å². The lowest BCUT2D eigenvalue weighted by Gasteiger charge is -2.34. The molecule has 0 aromatic heterocycles. The number of hydrogen-bond acceptors (Lipinski definition) is 4. The quantitative estimate of drug-likeness (QED) is 0.678. The van der Waals surface area contributed by atoms with Crippen LogP contribution in [0.25, 0.3) is 0 Å². The van der Waals surface area contributed by atoms with Gasteiger partial charge >= 0.3 is 0 Å².